The SMILES string of the molecule is Cc1cc(-n2c(=O)c3sccc3n(CC(=O)Nc3cc(Cl)cc(Cl)c3)c2=O)ccc1F. The van der Waals surface area contributed by atoms with Crippen LogP contribution in [0, 0.1) is 12.7 Å². The zero-order valence-electron chi connectivity index (χ0n) is 16.0. The molecule has 2 aromatic heterocycles. The van der Waals surface area contributed by atoms with Gasteiger partial charge in [0.2, 0.25) is 5.91 Å². The van der Waals surface area contributed by atoms with Crippen molar-refractivity contribution in [3.63, 3.8) is 0 Å². The second-order valence-corrected chi connectivity index (χ2v) is 8.57. The van der Waals surface area contributed by atoms with E-state index in [4.69, 9.17) is 23.2 Å². The topological polar surface area (TPSA) is 73.1 Å². The van der Waals surface area contributed by atoms with Crippen LogP contribution in [0.4, 0.5) is 10.1 Å². The summed E-state index contributed by atoms with van der Waals surface area (Å²) in [7, 11) is 0. The van der Waals surface area contributed by atoms with Gasteiger partial charge in [-0.1, -0.05) is 23.2 Å². The van der Waals surface area contributed by atoms with Gasteiger partial charge in [0.25, 0.3) is 5.56 Å². The highest BCUT2D eigenvalue weighted by molar-refractivity contribution is 7.17. The first kappa shape index (κ1) is 21.3. The van der Waals surface area contributed by atoms with Gasteiger partial charge in [0.05, 0.1) is 11.2 Å². The Labute approximate surface area is 189 Å². The Morgan fingerprint density at radius 3 is 2.48 bits per heavy atom. The first-order chi connectivity index (χ1) is 14.7. The van der Waals surface area contributed by atoms with E-state index in [1.54, 1.807) is 11.4 Å². The van der Waals surface area contributed by atoms with Gasteiger partial charge in [0.15, 0.2) is 0 Å². The third-order valence-corrected chi connectivity index (χ3v) is 5.93. The quantitative estimate of drug-likeness (QED) is 0.466. The van der Waals surface area contributed by atoms with E-state index >= 15 is 0 Å². The molecule has 2 heterocycles. The van der Waals surface area contributed by atoms with Crippen LogP contribution in [0.1, 0.15) is 5.56 Å². The maximum Gasteiger partial charge on any atom is 0.336 e. The number of nitrogens with one attached hydrogen (secondary N) is 1. The number of hydrogen-bond donors (Lipinski definition) is 1. The van der Waals surface area contributed by atoms with Crippen molar-refractivity contribution in [2.45, 2.75) is 13.5 Å². The van der Waals surface area contributed by atoms with Gasteiger partial charge in [-0.05, 0) is 60.3 Å². The van der Waals surface area contributed by atoms with Crippen molar-refractivity contribution >= 4 is 56.3 Å². The fraction of sp³-hybridized carbons (Fsp3) is 0.0952. The van der Waals surface area contributed by atoms with E-state index in [9.17, 15) is 18.8 Å². The van der Waals surface area contributed by atoms with E-state index < -0.39 is 23.0 Å². The lowest BCUT2D eigenvalue weighted by Crippen LogP contribution is -2.40. The number of amides is 1. The van der Waals surface area contributed by atoms with Gasteiger partial charge in [-0.2, -0.15) is 0 Å². The van der Waals surface area contributed by atoms with Gasteiger partial charge in [-0.25, -0.2) is 13.8 Å². The third-order valence-electron chi connectivity index (χ3n) is 4.60. The van der Waals surface area contributed by atoms with Crippen LogP contribution in [0.2, 0.25) is 10.0 Å². The van der Waals surface area contributed by atoms with Crippen molar-refractivity contribution in [2.75, 3.05) is 5.32 Å². The van der Waals surface area contributed by atoms with Crippen molar-refractivity contribution in [3.8, 4) is 5.69 Å². The van der Waals surface area contributed by atoms with Crippen molar-refractivity contribution < 1.29 is 9.18 Å². The van der Waals surface area contributed by atoms with Gasteiger partial charge >= 0.3 is 5.69 Å². The first-order valence-corrected chi connectivity index (χ1v) is 10.6. The Bertz CT molecular complexity index is 1440. The Morgan fingerprint density at radius 2 is 1.81 bits per heavy atom. The summed E-state index contributed by atoms with van der Waals surface area (Å²) in [5.74, 6) is -0.956. The molecule has 31 heavy (non-hydrogen) atoms. The number of benzene rings is 2. The standard InChI is InChI=1S/C21H14Cl2FN3O3S/c1-11-6-15(2-3-16(11)24)27-20(29)19-17(4-5-31-19)26(21(27)30)10-18(28)25-14-8-12(22)7-13(23)9-14/h2-9H,10H2,1H3,(H,25,28). The summed E-state index contributed by atoms with van der Waals surface area (Å²) in [6.45, 7) is 1.19. The zero-order valence-corrected chi connectivity index (χ0v) is 18.3. The molecule has 0 spiro atoms. The van der Waals surface area contributed by atoms with Crippen LogP contribution < -0.4 is 16.6 Å². The summed E-state index contributed by atoms with van der Waals surface area (Å²) >= 11 is 13.1. The lowest BCUT2D eigenvalue weighted by atomic mass is 10.2. The van der Waals surface area contributed by atoms with Crippen molar-refractivity contribution in [2.24, 2.45) is 0 Å². The minimum absolute atomic E-state index is 0.222. The highest BCUT2D eigenvalue weighted by Gasteiger charge is 2.18. The van der Waals surface area contributed by atoms with E-state index in [1.165, 1.54) is 47.9 Å². The summed E-state index contributed by atoms with van der Waals surface area (Å²) in [5.41, 5.74) is -0.00777. The Morgan fingerprint density at radius 1 is 1.10 bits per heavy atom. The number of aryl methyl sites for hydroxylation is 1. The van der Waals surface area contributed by atoms with Crippen LogP contribution >= 0.6 is 34.5 Å². The summed E-state index contributed by atoms with van der Waals surface area (Å²) in [6, 6.07) is 10.1. The molecule has 0 saturated carbocycles. The molecule has 0 aliphatic heterocycles. The van der Waals surface area contributed by atoms with Crippen molar-refractivity contribution in [1.82, 2.24) is 9.13 Å². The molecule has 0 atom stereocenters. The normalized spacial score (nSPS) is 11.1. The predicted octanol–water partition coefficient (Wildman–Crippen LogP) is 4.61. The molecule has 10 heteroatoms. The van der Waals surface area contributed by atoms with Crippen molar-refractivity contribution in [1.29, 1.82) is 0 Å². The first-order valence-electron chi connectivity index (χ1n) is 9.00. The number of halogens is 3. The van der Waals surface area contributed by atoms with Crippen LogP contribution in [0.15, 0.2) is 57.4 Å². The monoisotopic (exact) mass is 477 g/mol. The molecule has 0 saturated heterocycles. The van der Waals surface area contributed by atoms with E-state index in [0.717, 1.165) is 15.9 Å². The van der Waals surface area contributed by atoms with Crippen LogP contribution in [0.25, 0.3) is 15.9 Å². The minimum atomic E-state index is -0.707. The van der Waals surface area contributed by atoms with Gasteiger partial charge in [0.1, 0.15) is 17.1 Å². The van der Waals surface area contributed by atoms with Crippen LogP contribution in [-0.4, -0.2) is 15.0 Å². The maximum absolute atomic E-state index is 13.7. The second kappa shape index (κ2) is 8.30. The Balaban J connectivity index is 1.80. The number of hydrogen-bond acceptors (Lipinski definition) is 4. The molecule has 6 nitrogen and oxygen atoms in total. The lowest BCUT2D eigenvalue weighted by Gasteiger charge is -2.13. The number of aromatic nitrogens is 2. The minimum Gasteiger partial charge on any atom is -0.324 e. The highest BCUT2D eigenvalue weighted by atomic mass is 35.5. The van der Waals surface area contributed by atoms with Gasteiger partial charge in [-0.15, -0.1) is 11.3 Å². The number of nitrogens with zero attached hydrogens (tertiary/aromatic N) is 2. The number of anilines is 1. The van der Waals surface area contributed by atoms with Crippen LogP contribution in [0.5, 0.6) is 0 Å². The molecule has 1 N–H and O–H groups in total. The van der Waals surface area contributed by atoms with Gasteiger partial charge < -0.3 is 5.32 Å². The van der Waals surface area contributed by atoms with E-state index in [-0.39, 0.29) is 17.8 Å². The largest absolute Gasteiger partial charge is 0.336 e. The predicted molar refractivity (Wildman–Crippen MR) is 121 cm³/mol. The molecule has 0 aliphatic carbocycles. The van der Waals surface area contributed by atoms with Crippen LogP contribution in [-0.2, 0) is 11.3 Å². The molecule has 2 aromatic carbocycles. The second-order valence-electron chi connectivity index (χ2n) is 6.78. The molecule has 4 rings (SSSR count). The summed E-state index contributed by atoms with van der Waals surface area (Å²) in [6.07, 6.45) is 0. The highest BCUT2D eigenvalue weighted by Crippen LogP contribution is 2.23. The summed E-state index contributed by atoms with van der Waals surface area (Å²) in [4.78, 5) is 38.8. The molecule has 0 aliphatic rings. The number of rotatable bonds is 4. The van der Waals surface area contributed by atoms with E-state index in [0.29, 0.717) is 25.9 Å². The summed E-state index contributed by atoms with van der Waals surface area (Å²) < 4.78 is 16.1. The summed E-state index contributed by atoms with van der Waals surface area (Å²) in [5, 5.41) is 5.00. The number of carbonyl (C=O) groups is 1. The molecule has 158 valence electrons. The Kier molecular flexibility index (Phi) is 5.70. The smallest absolute Gasteiger partial charge is 0.324 e. The molecular formula is C21H14Cl2FN3O3S. The van der Waals surface area contributed by atoms with Gasteiger partial charge in [-0.3, -0.25) is 14.2 Å². The zero-order chi connectivity index (χ0) is 22.3. The average molecular weight is 478 g/mol. The molecule has 0 fully saturated rings. The Hall–Kier alpha value is -2.94. The van der Waals surface area contributed by atoms with Crippen molar-refractivity contribution in [3.05, 3.63) is 90.1 Å². The molecule has 0 radical (unpaired) electrons. The molecular weight excluding hydrogens is 464 g/mol. The number of fused-ring (bicyclic) bond motifs is 1. The molecule has 4 aromatic rings. The lowest BCUT2D eigenvalue weighted by molar-refractivity contribution is -0.116. The molecule has 1 amide bonds. The fourth-order valence-corrected chi connectivity index (χ4v) is 4.56. The average Bonchev–Trinajstić information content (AvgIpc) is 3.17. The fourth-order valence-electron chi connectivity index (χ4n) is 3.21. The number of thiophene rings is 1. The van der Waals surface area contributed by atoms with Crippen LogP contribution in [0.3, 0.4) is 0 Å². The molecule has 0 unspecified atom stereocenters. The van der Waals surface area contributed by atoms with Gasteiger partial charge in [0, 0.05) is 15.7 Å². The third kappa shape index (κ3) is 4.14. The maximum atomic E-state index is 13.7. The number of carbonyl (C=O) groups excluding carboxylic acids is 1. The van der Waals surface area contributed by atoms with E-state index in [2.05, 4.69) is 5.32 Å². The molecule has 0 bridgehead atoms. The van der Waals surface area contributed by atoms with E-state index in [1.807, 2.05) is 0 Å².